The molecule has 11 heteroatoms. The predicted molar refractivity (Wildman–Crippen MR) is 137 cm³/mol. The molecule has 0 amide bonds. The maximum Gasteiger partial charge on any atom is 0.334 e. The molecule has 2 aliphatic heterocycles. The minimum atomic E-state index is -1.56. The van der Waals surface area contributed by atoms with Crippen LogP contribution in [0.15, 0.2) is 60.7 Å². The molecule has 5 rings (SSSR count). The fourth-order valence-electron chi connectivity index (χ4n) is 6.24. The smallest absolute Gasteiger partial charge is 0.334 e. The van der Waals surface area contributed by atoms with E-state index in [2.05, 4.69) is 19.7 Å². The molecule has 1 aromatic rings. The zero-order valence-corrected chi connectivity index (χ0v) is 21.8. The molecule has 5 N–H and O–H groups in total. The molecule has 1 aromatic carbocycles. The van der Waals surface area contributed by atoms with Gasteiger partial charge >= 0.3 is 11.9 Å². The minimum absolute atomic E-state index is 0.0447. The summed E-state index contributed by atoms with van der Waals surface area (Å²) in [5, 5.41) is 50.0. The maximum absolute atomic E-state index is 12.8. The topological polar surface area (TPSA) is 172 Å². The summed E-state index contributed by atoms with van der Waals surface area (Å²) in [7, 11) is 0. The predicted octanol–water partition coefficient (Wildman–Crippen LogP) is -0.0695. The average Bonchev–Trinajstić information content (AvgIpc) is 3.36. The first-order chi connectivity index (χ1) is 19.0. The van der Waals surface area contributed by atoms with Crippen LogP contribution in [0.2, 0.25) is 0 Å². The third kappa shape index (κ3) is 5.09. The Morgan fingerprint density at radius 3 is 2.38 bits per heavy atom. The second-order valence-corrected chi connectivity index (χ2v) is 10.9. The molecule has 0 bridgehead atoms. The van der Waals surface area contributed by atoms with Gasteiger partial charge in [0.25, 0.3) is 0 Å². The number of carbonyl (C=O) groups is 2. The summed E-state index contributed by atoms with van der Waals surface area (Å²) < 4.78 is 22.3. The van der Waals surface area contributed by atoms with Gasteiger partial charge in [-0.25, -0.2) is 4.79 Å². The standard InChI is InChI=1S/C29H34O11/c1-12-8-18(31)23-14(3)28(36)40-27(23)22-13(2)19(10-17(12)22)38-21(32)9-15-4-6-16(7-5-15)37-29-26(35)25(34)24(33)20(11-30)39-29/h4-7,17-20,22-27,29-31,33-35H,1-3,8-11H2. The third-order valence-electron chi connectivity index (χ3n) is 8.42. The Kier molecular flexibility index (Phi) is 7.88. The van der Waals surface area contributed by atoms with Crippen molar-refractivity contribution in [3.63, 3.8) is 0 Å². The number of hydrogen-bond donors (Lipinski definition) is 5. The van der Waals surface area contributed by atoms with Gasteiger partial charge in [0.15, 0.2) is 0 Å². The molecule has 0 spiro atoms. The first-order valence-corrected chi connectivity index (χ1v) is 13.2. The number of fused-ring (bicyclic) bond motifs is 3. The van der Waals surface area contributed by atoms with Gasteiger partial charge < -0.3 is 44.5 Å². The molecule has 11 nitrogen and oxygen atoms in total. The number of carbonyl (C=O) groups excluding carboxylic acids is 2. The second-order valence-electron chi connectivity index (χ2n) is 10.9. The first kappa shape index (κ1) is 28.5. The van der Waals surface area contributed by atoms with Crippen molar-refractivity contribution in [3.05, 3.63) is 66.3 Å². The highest BCUT2D eigenvalue weighted by atomic mass is 16.7. The van der Waals surface area contributed by atoms with Gasteiger partial charge in [0.05, 0.1) is 25.0 Å². The average molecular weight is 559 g/mol. The molecule has 11 unspecified atom stereocenters. The van der Waals surface area contributed by atoms with Crippen LogP contribution < -0.4 is 4.74 Å². The zero-order chi connectivity index (χ0) is 28.9. The van der Waals surface area contributed by atoms with Crippen molar-refractivity contribution in [2.45, 2.75) is 68.3 Å². The molecule has 11 atom stereocenters. The monoisotopic (exact) mass is 558 g/mol. The summed E-state index contributed by atoms with van der Waals surface area (Å²) in [6.07, 6.45) is -8.39. The zero-order valence-electron chi connectivity index (χ0n) is 21.8. The van der Waals surface area contributed by atoms with Crippen molar-refractivity contribution < 1.29 is 54.1 Å². The van der Waals surface area contributed by atoms with E-state index >= 15 is 0 Å². The van der Waals surface area contributed by atoms with E-state index in [1.54, 1.807) is 24.3 Å². The van der Waals surface area contributed by atoms with Crippen LogP contribution in [0, 0.1) is 17.8 Å². The molecule has 0 aromatic heterocycles. The lowest BCUT2D eigenvalue weighted by Gasteiger charge is -2.39. The summed E-state index contributed by atoms with van der Waals surface area (Å²) in [5.74, 6) is -1.81. The molecule has 2 heterocycles. The molecular weight excluding hydrogens is 524 g/mol. The van der Waals surface area contributed by atoms with Gasteiger partial charge in [-0.15, -0.1) is 0 Å². The van der Waals surface area contributed by atoms with Crippen molar-refractivity contribution in [2.75, 3.05) is 6.61 Å². The van der Waals surface area contributed by atoms with E-state index in [1.165, 1.54) is 0 Å². The summed E-state index contributed by atoms with van der Waals surface area (Å²) in [4.78, 5) is 25.1. The summed E-state index contributed by atoms with van der Waals surface area (Å²) in [5.41, 5.74) is 2.27. The first-order valence-electron chi connectivity index (χ1n) is 13.2. The number of rotatable bonds is 6. The van der Waals surface area contributed by atoms with Crippen LogP contribution in [0.1, 0.15) is 18.4 Å². The van der Waals surface area contributed by atoms with E-state index in [0.717, 1.165) is 5.57 Å². The molecule has 40 heavy (non-hydrogen) atoms. The Morgan fingerprint density at radius 1 is 1.00 bits per heavy atom. The fourth-order valence-corrected chi connectivity index (χ4v) is 6.24. The molecule has 216 valence electrons. The second kappa shape index (κ2) is 11.1. The number of aliphatic hydroxyl groups is 5. The van der Waals surface area contributed by atoms with Crippen LogP contribution in [0.5, 0.6) is 5.75 Å². The Hall–Kier alpha value is -3.06. The van der Waals surface area contributed by atoms with Gasteiger partial charge in [-0.3, -0.25) is 4.79 Å². The SMILES string of the molecule is C=C1CC(O)C2C(=C)C(=O)OC2C2C(=C)C(OC(=O)Cc3ccc(OC4OC(CO)C(O)C(O)C4O)cc3)CC12. The minimum Gasteiger partial charge on any atom is -0.462 e. The molecule has 0 radical (unpaired) electrons. The lowest BCUT2D eigenvalue weighted by molar-refractivity contribution is -0.277. The van der Waals surface area contributed by atoms with Crippen molar-refractivity contribution in [2.24, 2.45) is 17.8 Å². The molecule has 2 aliphatic carbocycles. The summed E-state index contributed by atoms with van der Waals surface area (Å²) >= 11 is 0. The highest BCUT2D eigenvalue weighted by Crippen LogP contribution is 2.52. The van der Waals surface area contributed by atoms with Gasteiger partial charge in [0.2, 0.25) is 6.29 Å². The largest absolute Gasteiger partial charge is 0.462 e. The van der Waals surface area contributed by atoms with Gasteiger partial charge in [-0.2, -0.15) is 0 Å². The number of hydrogen-bond acceptors (Lipinski definition) is 11. The van der Waals surface area contributed by atoms with Gasteiger partial charge in [-0.05, 0) is 42.0 Å². The maximum atomic E-state index is 12.8. The normalized spacial score (nSPS) is 39.3. The van der Waals surface area contributed by atoms with Crippen molar-refractivity contribution in [1.82, 2.24) is 0 Å². The van der Waals surface area contributed by atoms with Crippen LogP contribution in [-0.4, -0.2) is 93.1 Å². The van der Waals surface area contributed by atoms with Crippen molar-refractivity contribution >= 4 is 11.9 Å². The van der Waals surface area contributed by atoms with Crippen molar-refractivity contribution in [3.8, 4) is 5.75 Å². The van der Waals surface area contributed by atoms with Crippen LogP contribution in [0.4, 0.5) is 0 Å². The summed E-state index contributed by atoms with van der Waals surface area (Å²) in [6, 6.07) is 6.36. The van der Waals surface area contributed by atoms with E-state index in [0.29, 0.717) is 24.0 Å². The van der Waals surface area contributed by atoms with E-state index in [4.69, 9.17) is 18.9 Å². The van der Waals surface area contributed by atoms with Crippen molar-refractivity contribution in [1.29, 1.82) is 0 Å². The van der Waals surface area contributed by atoms with Crippen LogP contribution in [-0.2, 0) is 30.2 Å². The fraction of sp³-hybridized carbons (Fsp3) is 0.517. The highest BCUT2D eigenvalue weighted by molar-refractivity contribution is 5.91. The molecular formula is C29H34O11. The number of aliphatic hydroxyl groups excluding tert-OH is 5. The molecule has 4 aliphatic rings. The van der Waals surface area contributed by atoms with Crippen LogP contribution >= 0.6 is 0 Å². The lowest BCUT2D eigenvalue weighted by atomic mass is 9.81. The highest BCUT2D eigenvalue weighted by Gasteiger charge is 2.56. The lowest BCUT2D eigenvalue weighted by Crippen LogP contribution is -2.60. The quantitative estimate of drug-likeness (QED) is 0.180. The Morgan fingerprint density at radius 2 is 1.70 bits per heavy atom. The number of benzene rings is 1. The summed E-state index contributed by atoms with van der Waals surface area (Å²) in [6.45, 7) is 11.5. The van der Waals surface area contributed by atoms with Gasteiger partial charge in [0, 0.05) is 11.5 Å². The van der Waals surface area contributed by atoms with E-state index in [9.17, 15) is 35.1 Å². The van der Waals surface area contributed by atoms with Crippen LogP contribution in [0.3, 0.4) is 0 Å². The van der Waals surface area contributed by atoms with Crippen LogP contribution in [0.25, 0.3) is 0 Å². The van der Waals surface area contributed by atoms with E-state index in [-0.39, 0.29) is 29.6 Å². The molecule has 2 saturated heterocycles. The van der Waals surface area contributed by atoms with E-state index in [1.807, 2.05) is 0 Å². The third-order valence-corrected chi connectivity index (χ3v) is 8.42. The Labute approximate surface area is 230 Å². The van der Waals surface area contributed by atoms with Gasteiger partial charge in [0.1, 0.15) is 42.4 Å². The number of esters is 2. The van der Waals surface area contributed by atoms with E-state index < -0.39 is 73.5 Å². The number of ether oxygens (including phenoxy) is 4. The molecule has 2 saturated carbocycles. The van der Waals surface area contributed by atoms with Gasteiger partial charge in [-0.1, -0.05) is 37.4 Å². The molecule has 4 fully saturated rings. The Balaban J connectivity index is 1.20. The Bertz CT molecular complexity index is 1190.